The predicted molar refractivity (Wildman–Crippen MR) is 90.6 cm³/mol. The van der Waals surface area contributed by atoms with E-state index in [4.69, 9.17) is 23.2 Å². The summed E-state index contributed by atoms with van der Waals surface area (Å²) in [6, 6.07) is 9.01. The Morgan fingerprint density at radius 1 is 1.00 bits per heavy atom. The Balaban J connectivity index is 1.64. The lowest BCUT2D eigenvalue weighted by molar-refractivity contribution is 0.0879. The van der Waals surface area contributed by atoms with Crippen molar-refractivity contribution in [1.29, 1.82) is 0 Å². The molecule has 4 amide bonds. The van der Waals surface area contributed by atoms with E-state index in [-0.39, 0.29) is 12.1 Å². The second-order valence-electron chi connectivity index (χ2n) is 5.09. The van der Waals surface area contributed by atoms with Crippen molar-refractivity contribution in [3.05, 3.63) is 63.1 Å². The fraction of sp³-hybridized carbons (Fsp3) is 0.0625. The monoisotopic (exact) mass is 363 g/mol. The lowest BCUT2D eigenvalue weighted by atomic mass is 10.1. The first-order valence-corrected chi connectivity index (χ1v) is 7.68. The quantitative estimate of drug-likeness (QED) is 0.731. The third-order valence-corrected chi connectivity index (χ3v) is 4.04. The number of benzene rings is 2. The van der Waals surface area contributed by atoms with Gasteiger partial charge in [-0.3, -0.25) is 14.9 Å². The maximum Gasteiger partial charge on any atom is 0.319 e. The molecule has 0 unspecified atom stereocenters. The second-order valence-corrected chi connectivity index (χ2v) is 5.93. The number of nitrogens with one attached hydrogen (secondary N) is 3. The van der Waals surface area contributed by atoms with Crippen LogP contribution in [0.2, 0.25) is 10.0 Å². The Kier molecular flexibility index (Phi) is 4.42. The fourth-order valence-electron chi connectivity index (χ4n) is 2.26. The van der Waals surface area contributed by atoms with Crippen molar-refractivity contribution in [3.8, 4) is 0 Å². The molecule has 0 saturated heterocycles. The Morgan fingerprint density at radius 3 is 2.50 bits per heavy atom. The van der Waals surface area contributed by atoms with Crippen LogP contribution in [0, 0.1) is 0 Å². The zero-order valence-corrected chi connectivity index (χ0v) is 13.7. The van der Waals surface area contributed by atoms with E-state index >= 15 is 0 Å². The molecule has 1 heterocycles. The van der Waals surface area contributed by atoms with Crippen molar-refractivity contribution in [3.63, 3.8) is 0 Å². The minimum absolute atomic E-state index is 0.214. The van der Waals surface area contributed by atoms with Crippen molar-refractivity contribution in [1.82, 2.24) is 10.6 Å². The van der Waals surface area contributed by atoms with Crippen LogP contribution in [0.1, 0.15) is 26.3 Å². The molecule has 24 heavy (non-hydrogen) atoms. The zero-order chi connectivity index (χ0) is 17.3. The van der Waals surface area contributed by atoms with Crippen LogP contribution in [-0.2, 0) is 6.54 Å². The molecule has 3 N–H and O–H groups in total. The van der Waals surface area contributed by atoms with Gasteiger partial charge in [-0.2, -0.15) is 0 Å². The molecule has 0 radical (unpaired) electrons. The average molecular weight is 364 g/mol. The van der Waals surface area contributed by atoms with Crippen molar-refractivity contribution < 1.29 is 14.4 Å². The summed E-state index contributed by atoms with van der Waals surface area (Å²) >= 11 is 11.8. The predicted octanol–water partition coefficient (Wildman–Crippen LogP) is 3.20. The van der Waals surface area contributed by atoms with Crippen molar-refractivity contribution in [2.75, 3.05) is 5.32 Å². The normalized spacial score (nSPS) is 12.6. The number of carbonyl (C=O) groups is 3. The Morgan fingerprint density at radius 2 is 1.75 bits per heavy atom. The number of urea groups is 1. The first kappa shape index (κ1) is 16.3. The number of hydrogen-bond donors (Lipinski definition) is 3. The largest absolute Gasteiger partial charge is 0.334 e. The molecule has 6 nitrogen and oxygen atoms in total. The molecule has 2 aromatic carbocycles. The minimum atomic E-state index is -0.480. The van der Waals surface area contributed by atoms with Crippen LogP contribution in [0.5, 0.6) is 0 Å². The Bertz CT molecular complexity index is 868. The van der Waals surface area contributed by atoms with Crippen LogP contribution in [0.25, 0.3) is 0 Å². The maximum atomic E-state index is 12.0. The molecule has 0 fully saturated rings. The van der Waals surface area contributed by atoms with Crippen LogP contribution >= 0.6 is 23.2 Å². The molecular weight excluding hydrogens is 353 g/mol. The van der Waals surface area contributed by atoms with E-state index in [2.05, 4.69) is 16.0 Å². The number of amides is 4. The third-order valence-electron chi connectivity index (χ3n) is 3.45. The van der Waals surface area contributed by atoms with E-state index in [1.54, 1.807) is 24.3 Å². The van der Waals surface area contributed by atoms with Gasteiger partial charge in [-0.05, 0) is 35.9 Å². The molecule has 0 spiro atoms. The standard InChI is InChI=1S/C16H11Cl2N3O3/c17-9-2-1-8(13(18)5-9)7-19-16(24)20-10-3-4-11-12(6-10)15(23)21-14(11)22/h1-6H,7H2,(H2,19,20,24)(H,21,22,23). The zero-order valence-electron chi connectivity index (χ0n) is 12.2. The van der Waals surface area contributed by atoms with Gasteiger partial charge < -0.3 is 10.6 Å². The Labute approximate surface area is 147 Å². The summed E-state index contributed by atoms with van der Waals surface area (Å²) in [6.45, 7) is 0.214. The van der Waals surface area contributed by atoms with E-state index < -0.39 is 17.8 Å². The highest BCUT2D eigenvalue weighted by Crippen LogP contribution is 2.22. The van der Waals surface area contributed by atoms with Gasteiger partial charge in [0.2, 0.25) is 0 Å². The molecule has 2 aromatic rings. The SMILES string of the molecule is O=C(NCc1ccc(Cl)cc1Cl)Nc1ccc2c(c1)C(=O)NC2=O. The van der Waals surface area contributed by atoms with Gasteiger partial charge in [-0.15, -0.1) is 0 Å². The van der Waals surface area contributed by atoms with E-state index in [1.165, 1.54) is 12.1 Å². The van der Waals surface area contributed by atoms with Crippen LogP contribution in [-0.4, -0.2) is 17.8 Å². The molecule has 1 aliphatic rings. The van der Waals surface area contributed by atoms with Gasteiger partial charge >= 0.3 is 6.03 Å². The summed E-state index contributed by atoms with van der Waals surface area (Å²) in [5.41, 5.74) is 1.64. The number of rotatable bonds is 3. The van der Waals surface area contributed by atoms with Gasteiger partial charge in [-0.25, -0.2) is 4.79 Å². The minimum Gasteiger partial charge on any atom is -0.334 e. The smallest absolute Gasteiger partial charge is 0.319 e. The van der Waals surface area contributed by atoms with Crippen LogP contribution < -0.4 is 16.0 Å². The third kappa shape index (κ3) is 3.34. The molecule has 0 aliphatic carbocycles. The van der Waals surface area contributed by atoms with E-state index in [0.717, 1.165) is 5.56 Å². The summed E-state index contributed by atoms with van der Waals surface area (Å²) in [5, 5.41) is 8.40. The molecule has 0 bridgehead atoms. The molecular formula is C16H11Cl2N3O3. The summed E-state index contributed by atoms with van der Waals surface area (Å²) in [5.74, 6) is -0.921. The van der Waals surface area contributed by atoms with E-state index in [0.29, 0.717) is 21.3 Å². The number of hydrogen-bond acceptors (Lipinski definition) is 3. The number of halogens is 2. The lowest BCUT2D eigenvalue weighted by Gasteiger charge is -2.09. The molecule has 122 valence electrons. The maximum absolute atomic E-state index is 12.0. The molecule has 3 rings (SSSR count). The highest BCUT2D eigenvalue weighted by molar-refractivity contribution is 6.35. The molecule has 0 saturated carbocycles. The summed E-state index contributed by atoms with van der Waals surface area (Å²) in [4.78, 5) is 35.0. The van der Waals surface area contributed by atoms with Crippen molar-refractivity contribution in [2.24, 2.45) is 0 Å². The molecule has 8 heteroatoms. The highest BCUT2D eigenvalue weighted by atomic mass is 35.5. The van der Waals surface area contributed by atoms with Gasteiger partial charge in [0.15, 0.2) is 0 Å². The van der Waals surface area contributed by atoms with Crippen LogP contribution in [0.4, 0.5) is 10.5 Å². The molecule has 0 atom stereocenters. The number of imide groups is 1. The van der Waals surface area contributed by atoms with Crippen molar-refractivity contribution in [2.45, 2.75) is 6.54 Å². The second kappa shape index (κ2) is 6.51. The molecule has 0 aromatic heterocycles. The topological polar surface area (TPSA) is 87.3 Å². The first-order valence-electron chi connectivity index (χ1n) is 6.92. The van der Waals surface area contributed by atoms with Gasteiger partial charge in [0.05, 0.1) is 11.1 Å². The average Bonchev–Trinajstić information content (AvgIpc) is 2.81. The Hall–Kier alpha value is -2.57. The number of anilines is 1. The fourth-order valence-corrected chi connectivity index (χ4v) is 2.74. The van der Waals surface area contributed by atoms with Gasteiger partial charge in [0.1, 0.15) is 0 Å². The highest BCUT2D eigenvalue weighted by Gasteiger charge is 2.26. The summed E-state index contributed by atoms with van der Waals surface area (Å²) in [6.07, 6.45) is 0. The summed E-state index contributed by atoms with van der Waals surface area (Å²) < 4.78 is 0. The van der Waals surface area contributed by atoms with Gasteiger partial charge in [-0.1, -0.05) is 29.3 Å². The van der Waals surface area contributed by atoms with E-state index in [1.807, 2.05) is 0 Å². The van der Waals surface area contributed by atoms with Crippen LogP contribution in [0.15, 0.2) is 36.4 Å². The van der Waals surface area contributed by atoms with E-state index in [9.17, 15) is 14.4 Å². The van der Waals surface area contributed by atoms with Gasteiger partial charge in [0, 0.05) is 22.3 Å². The van der Waals surface area contributed by atoms with Crippen LogP contribution in [0.3, 0.4) is 0 Å². The number of fused-ring (bicyclic) bond motifs is 1. The first-order chi connectivity index (χ1) is 11.4. The number of carbonyl (C=O) groups excluding carboxylic acids is 3. The molecule has 1 aliphatic heterocycles. The summed E-state index contributed by atoms with van der Waals surface area (Å²) in [7, 11) is 0. The van der Waals surface area contributed by atoms with Gasteiger partial charge in [0.25, 0.3) is 11.8 Å². The van der Waals surface area contributed by atoms with Crippen molar-refractivity contribution >= 4 is 46.7 Å². The lowest BCUT2D eigenvalue weighted by Crippen LogP contribution is -2.28.